The van der Waals surface area contributed by atoms with E-state index in [0.717, 1.165) is 0 Å². The summed E-state index contributed by atoms with van der Waals surface area (Å²) in [5, 5.41) is 16.8. The SMILES string of the molecule is COCc1[nH]nc2c1C(c1ccc(OC)c(OC)c1OC)C(C#N)=C(N)O2. The Balaban J connectivity index is 2.30. The molecule has 1 aromatic carbocycles. The number of allylic oxidation sites excluding steroid dienone is 1. The summed E-state index contributed by atoms with van der Waals surface area (Å²) in [5.74, 6) is 1.06. The van der Waals surface area contributed by atoms with Crippen molar-refractivity contribution in [2.75, 3.05) is 28.4 Å². The van der Waals surface area contributed by atoms with Crippen LogP contribution in [-0.4, -0.2) is 38.6 Å². The number of nitriles is 1. The molecule has 1 aromatic heterocycles. The Kier molecular flexibility index (Phi) is 5.09. The third-order valence-corrected chi connectivity index (χ3v) is 4.35. The number of aromatic nitrogens is 2. The molecule has 0 aliphatic carbocycles. The number of benzene rings is 1. The van der Waals surface area contributed by atoms with E-state index in [1.165, 1.54) is 21.3 Å². The molecule has 9 nitrogen and oxygen atoms in total. The van der Waals surface area contributed by atoms with E-state index in [0.29, 0.717) is 39.9 Å². The molecule has 0 bridgehead atoms. The van der Waals surface area contributed by atoms with Crippen LogP contribution in [0.4, 0.5) is 0 Å². The largest absolute Gasteiger partial charge is 0.493 e. The second-order valence-corrected chi connectivity index (χ2v) is 5.70. The fourth-order valence-corrected chi connectivity index (χ4v) is 3.23. The van der Waals surface area contributed by atoms with Crippen molar-refractivity contribution in [1.82, 2.24) is 10.2 Å². The van der Waals surface area contributed by atoms with Gasteiger partial charge in [0.1, 0.15) is 11.6 Å². The second kappa shape index (κ2) is 7.47. The van der Waals surface area contributed by atoms with Crippen LogP contribution >= 0.6 is 0 Å². The summed E-state index contributed by atoms with van der Waals surface area (Å²) in [6.45, 7) is 0.260. The number of methoxy groups -OCH3 is 4. The predicted molar refractivity (Wildman–Crippen MR) is 94.7 cm³/mol. The summed E-state index contributed by atoms with van der Waals surface area (Å²) in [6.07, 6.45) is 0. The maximum absolute atomic E-state index is 9.74. The molecule has 3 N–H and O–H groups in total. The van der Waals surface area contributed by atoms with Gasteiger partial charge in [-0.15, -0.1) is 5.10 Å². The van der Waals surface area contributed by atoms with E-state index < -0.39 is 5.92 Å². The van der Waals surface area contributed by atoms with E-state index in [2.05, 4.69) is 16.3 Å². The highest BCUT2D eigenvalue weighted by atomic mass is 16.5. The molecule has 27 heavy (non-hydrogen) atoms. The van der Waals surface area contributed by atoms with E-state index in [-0.39, 0.29) is 18.1 Å². The first-order chi connectivity index (χ1) is 13.1. The summed E-state index contributed by atoms with van der Waals surface area (Å²) >= 11 is 0. The maximum Gasteiger partial charge on any atom is 0.244 e. The summed E-state index contributed by atoms with van der Waals surface area (Å²) in [7, 11) is 6.14. The lowest BCUT2D eigenvalue weighted by molar-refractivity contribution is 0.180. The molecule has 1 atom stereocenters. The molecule has 9 heteroatoms. The Bertz CT molecular complexity index is 929. The van der Waals surface area contributed by atoms with Gasteiger partial charge in [0.15, 0.2) is 11.5 Å². The lowest BCUT2D eigenvalue weighted by Crippen LogP contribution is -2.22. The molecule has 3 rings (SSSR count). The molecular weight excluding hydrogens is 352 g/mol. The zero-order chi connectivity index (χ0) is 19.6. The summed E-state index contributed by atoms with van der Waals surface area (Å²) in [6, 6.07) is 5.68. The smallest absolute Gasteiger partial charge is 0.244 e. The Hall–Kier alpha value is -3.38. The number of ether oxygens (including phenoxy) is 5. The van der Waals surface area contributed by atoms with Crippen LogP contribution in [0.5, 0.6) is 23.1 Å². The zero-order valence-electron chi connectivity index (χ0n) is 15.5. The minimum Gasteiger partial charge on any atom is -0.493 e. The van der Waals surface area contributed by atoms with Crippen LogP contribution in [0.2, 0.25) is 0 Å². The van der Waals surface area contributed by atoms with Crippen molar-refractivity contribution >= 4 is 0 Å². The van der Waals surface area contributed by atoms with Crippen molar-refractivity contribution in [1.29, 1.82) is 5.26 Å². The minimum atomic E-state index is -0.572. The Labute approximate surface area is 156 Å². The fourth-order valence-electron chi connectivity index (χ4n) is 3.23. The zero-order valence-corrected chi connectivity index (χ0v) is 15.5. The first-order valence-electron chi connectivity index (χ1n) is 8.03. The van der Waals surface area contributed by atoms with Gasteiger partial charge >= 0.3 is 0 Å². The highest BCUT2D eigenvalue weighted by Crippen LogP contribution is 2.50. The number of H-pyrrole nitrogens is 1. The molecule has 2 heterocycles. The van der Waals surface area contributed by atoms with Gasteiger partial charge in [-0.25, -0.2) is 0 Å². The first-order valence-corrected chi connectivity index (χ1v) is 8.03. The molecule has 1 unspecified atom stereocenters. The van der Waals surface area contributed by atoms with Gasteiger partial charge in [-0.2, -0.15) is 5.26 Å². The topological polar surface area (TPSA) is 125 Å². The van der Waals surface area contributed by atoms with Crippen molar-refractivity contribution < 1.29 is 23.7 Å². The number of hydrogen-bond acceptors (Lipinski definition) is 8. The van der Waals surface area contributed by atoms with E-state index >= 15 is 0 Å². The van der Waals surface area contributed by atoms with Gasteiger partial charge < -0.3 is 29.4 Å². The monoisotopic (exact) mass is 372 g/mol. The predicted octanol–water partition coefficient (Wildman–Crippen LogP) is 1.80. The number of aromatic amines is 1. The first kappa shape index (κ1) is 18.4. The Morgan fingerprint density at radius 1 is 1.19 bits per heavy atom. The van der Waals surface area contributed by atoms with E-state index in [4.69, 9.17) is 29.4 Å². The van der Waals surface area contributed by atoms with Gasteiger partial charge in [0.05, 0.1) is 45.1 Å². The fraction of sp³-hybridized carbons (Fsp3) is 0.333. The van der Waals surface area contributed by atoms with Crippen molar-refractivity contribution in [2.45, 2.75) is 12.5 Å². The van der Waals surface area contributed by atoms with Crippen LogP contribution in [-0.2, 0) is 11.3 Å². The molecule has 1 aliphatic rings. The van der Waals surface area contributed by atoms with Crippen LogP contribution < -0.4 is 24.7 Å². The van der Waals surface area contributed by atoms with Gasteiger partial charge in [-0.05, 0) is 6.07 Å². The lowest BCUT2D eigenvalue weighted by Gasteiger charge is -2.26. The molecular formula is C18H20N4O5. The molecule has 0 saturated heterocycles. The molecule has 0 saturated carbocycles. The van der Waals surface area contributed by atoms with Crippen LogP contribution in [0.1, 0.15) is 22.7 Å². The number of fused-ring (bicyclic) bond motifs is 1. The van der Waals surface area contributed by atoms with Crippen molar-refractivity contribution in [3.63, 3.8) is 0 Å². The van der Waals surface area contributed by atoms with Crippen molar-refractivity contribution in [2.24, 2.45) is 5.73 Å². The van der Waals surface area contributed by atoms with Gasteiger partial charge in [0, 0.05) is 12.7 Å². The summed E-state index contributed by atoms with van der Waals surface area (Å²) in [4.78, 5) is 0. The number of nitrogens with one attached hydrogen (secondary N) is 1. The standard InChI is InChI=1S/C18H20N4O5/c1-23-8-11-14-13(10(7-19)17(20)27-18(14)22-21-11)9-5-6-12(24-2)16(26-4)15(9)25-3/h5-6,13H,8,20H2,1-4H3,(H,21,22). The summed E-state index contributed by atoms with van der Waals surface area (Å²) in [5.41, 5.74) is 8.23. The van der Waals surface area contributed by atoms with Crippen molar-refractivity contribution in [3.8, 4) is 29.2 Å². The number of nitrogens with zero attached hydrogens (tertiary/aromatic N) is 2. The molecule has 142 valence electrons. The molecule has 0 radical (unpaired) electrons. The average molecular weight is 372 g/mol. The average Bonchev–Trinajstić information content (AvgIpc) is 3.08. The molecule has 0 amide bonds. The van der Waals surface area contributed by atoms with Crippen molar-refractivity contribution in [3.05, 3.63) is 40.4 Å². The Morgan fingerprint density at radius 3 is 2.52 bits per heavy atom. The highest BCUT2D eigenvalue weighted by Gasteiger charge is 2.37. The quantitative estimate of drug-likeness (QED) is 0.786. The number of hydrogen-bond donors (Lipinski definition) is 2. The van der Waals surface area contributed by atoms with Gasteiger partial charge in [0.2, 0.25) is 17.5 Å². The second-order valence-electron chi connectivity index (χ2n) is 5.70. The van der Waals surface area contributed by atoms with Crippen LogP contribution in [0.15, 0.2) is 23.6 Å². The normalized spacial score (nSPS) is 15.6. The lowest BCUT2D eigenvalue weighted by atomic mass is 9.83. The number of nitrogens with two attached hydrogens (primary N) is 1. The maximum atomic E-state index is 9.74. The highest BCUT2D eigenvalue weighted by molar-refractivity contribution is 5.64. The van der Waals surface area contributed by atoms with E-state index in [1.807, 2.05) is 0 Å². The number of rotatable bonds is 6. The molecule has 1 aliphatic heterocycles. The van der Waals surface area contributed by atoms with Crippen LogP contribution in [0.3, 0.4) is 0 Å². The molecule has 0 spiro atoms. The molecule has 0 fully saturated rings. The van der Waals surface area contributed by atoms with Gasteiger partial charge in [0.25, 0.3) is 0 Å². The van der Waals surface area contributed by atoms with Crippen LogP contribution in [0.25, 0.3) is 0 Å². The Morgan fingerprint density at radius 2 is 1.93 bits per heavy atom. The van der Waals surface area contributed by atoms with Gasteiger partial charge in [-0.3, -0.25) is 5.10 Å². The third-order valence-electron chi connectivity index (χ3n) is 4.35. The minimum absolute atomic E-state index is 0.0118. The summed E-state index contributed by atoms with van der Waals surface area (Å²) < 4.78 is 27.2. The van der Waals surface area contributed by atoms with Crippen LogP contribution in [0, 0.1) is 11.3 Å². The van der Waals surface area contributed by atoms with E-state index in [9.17, 15) is 5.26 Å². The molecule has 2 aromatic rings. The third kappa shape index (κ3) is 2.90. The van der Waals surface area contributed by atoms with Gasteiger partial charge in [-0.1, -0.05) is 6.07 Å². The van der Waals surface area contributed by atoms with E-state index in [1.54, 1.807) is 19.2 Å².